The third kappa shape index (κ3) is 2.85. The molecule has 1 amide bonds. The fourth-order valence-corrected chi connectivity index (χ4v) is 4.29. The van der Waals surface area contributed by atoms with E-state index >= 15 is 0 Å². The Morgan fingerprint density at radius 2 is 2.17 bits per heavy atom. The maximum absolute atomic E-state index is 12.6. The van der Waals surface area contributed by atoms with Crippen molar-refractivity contribution in [1.29, 1.82) is 5.26 Å². The summed E-state index contributed by atoms with van der Waals surface area (Å²) in [4.78, 5) is 18.2. The third-order valence-corrected chi connectivity index (χ3v) is 6.55. The molecule has 1 aliphatic rings. The monoisotopic (exact) mass is 391 g/mol. The van der Waals surface area contributed by atoms with Gasteiger partial charge in [0.25, 0.3) is 0 Å². The number of alkyl halides is 2. The molecule has 5 nitrogen and oxygen atoms in total. The number of nitriles is 1. The number of aromatic nitrogens is 1. The lowest BCUT2D eigenvalue weighted by atomic mass is 9.99. The van der Waals surface area contributed by atoms with Crippen LogP contribution in [0.15, 0.2) is 6.07 Å². The second kappa shape index (κ2) is 6.67. The van der Waals surface area contributed by atoms with E-state index in [0.29, 0.717) is 22.8 Å². The van der Waals surface area contributed by atoms with E-state index in [1.165, 1.54) is 10.8 Å². The van der Waals surface area contributed by atoms with Crippen molar-refractivity contribution < 1.29 is 9.63 Å². The number of halogens is 3. The van der Waals surface area contributed by atoms with Crippen LogP contribution in [0.1, 0.15) is 38.6 Å². The minimum absolute atomic E-state index is 0.109. The van der Waals surface area contributed by atoms with Gasteiger partial charge in [-0.15, -0.1) is 23.2 Å². The molecule has 3 atom stereocenters. The first-order valence-electron chi connectivity index (χ1n) is 7.73. The van der Waals surface area contributed by atoms with E-state index in [1.54, 1.807) is 6.92 Å². The number of hydrogen-bond donors (Lipinski definition) is 1. The molecular weight excluding hydrogens is 373 g/mol. The molecule has 1 N–H and O–H groups in total. The van der Waals surface area contributed by atoms with Gasteiger partial charge >= 0.3 is 0 Å². The molecule has 1 aromatic rings. The highest BCUT2D eigenvalue weighted by molar-refractivity contribution is 6.53. The van der Waals surface area contributed by atoms with Gasteiger partial charge in [0.15, 0.2) is 5.69 Å². The summed E-state index contributed by atoms with van der Waals surface area (Å²) >= 11 is 18.5. The highest BCUT2D eigenvalue weighted by atomic mass is 35.5. The van der Waals surface area contributed by atoms with Crippen molar-refractivity contribution in [2.24, 2.45) is 11.3 Å². The minimum atomic E-state index is -1.04. The van der Waals surface area contributed by atoms with E-state index in [9.17, 15) is 4.79 Å². The van der Waals surface area contributed by atoms with E-state index in [0.717, 1.165) is 0 Å². The first kappa shape index (κ1) is 19.2. The Morgan fingerprint density at radius 1 is 1.58 bits per heavy atom. The van der Waals surface area contributed by atoms with Gasteiger partial charge in [0.05, 0.1) is 22.2 Å². The van der Waals surface area contributed by atoms with Crippen LogP contribution in [0.2, 0.25) is 5.02 Å². The largest absolute Gasteiger partial charge is 0.411 e. The molecule has 0 bridgehead atoms. The second-order valence-electron chi connectivity index (χ2n) is 6.21. The Bertz CT molecular complexity index is 695. The van der Waals surface area contributed by atoms with Crippen LogP contribution in [0, 0.1) is 29.6 Å². The third-order valence-electron chi connectivity index (χ3n) is 4.84. The lowest BCUT2D eigenvalue weighted by molar-refractivity contribution is -0.128. The van der Waals surface area contributed by atoms with Crippen LogP contribution in [0.3, 0.4) is 0 Å². The molecular formula is C16H20Cl3N3O2. The summed E-state index contributed by atoms with van der Waals surface area (Å²) in [7, 11) is 0. The van der Waals surface area contributed by atoms with Gasteiger partial charge in [0.2, 0.25) is 5.91 Å². The number of rotatable bonds is 6. The molecule has 1 heterocycles. The first-order valence-corrected chi connectivity index (χ1v) is 8.86. The van der Waals surface area contributed by atoms with Crippen LogP contribution in [-0.4, -0.2) is 27.6 Å². The van der Waals surface area contributed by atoms with E-state index in [4.69, 9.17) is 44.9 Å². The number of amides is 1. The van der Waals surface area contributed by atoms with E-state index < -0.39 is 9.75 Å². The van der Waals surface area contributed by atoms with Crippen molar-refractivity contribution in [3.05, 3.63) is 22.5 Å². The number of hydrogen-bond acceptors (Lipinski definition) is 3. The molecule has 1 saturated carbocycles. The summed E-state index contributed by atoms with van der Waals surface area (Å²) in [5.74, 6) is -0.288. The van der Waals surface area contributed by atoms with Gasteiger partial charge in [-0.25, -0.2) is 0 Å². The molecule has 0 aromatic carbocycles. The molecule has 0 unspecified atom stereocenters. The summed E-state index contributed by atoms with van der Waals surface area (Å²) in [6, 6.07) is 3.26. The van der Waals surface area contributed by atoms with E-state index in [1.807, 2.05) is 26.8 Å². The van der Waals surface area contributed by atoms with Crippen LogP contribution in [-0.2, 0) is 4.79 Å². The molecule has 24 heavy (non-hydrogen) atoms. The quantitative estimate of drug-likeness (QED) is 0.754. The summed E-state index contributed by atoms with van der Waals surface area (Å²) < 4.78 is 0.332. The molecule has 0 radical (unpaired) electrons. The maximum atomic E-state index is 12.6. The predicted octanol–water partition coefficient (Wildman–Crippen LogP) is 3.47. The fourth-order valence-electron chi connectivity index (χ4n) is 3.08. The van der Waals surface area contributed by atoms with Crippen LogP contribution < -0.4 is 10.2 Å². The molecule has 1 aliphatic carbocycles. The number of nitrogens with zero attached hydrogens (tertiary/aromatic N) is 2. The summed E-state index contributed by atoms with van der Waals surface area (Å²) in [5.41, 5.74) is 0.167. The Hall–Kier alpha value is -1.09. The maximum Gasteiger partial charge on any atom is 0.229 e. The predicted molar refractivity (Wildman–Crippen MR) is 94.3 cm³/mol. The van der Waals surface area contributed by atoms with Crippen molar-refractivity contribution in [3.8, 4) is 6.07 Å². The summed E-state index contributed by atoms with van der Waals surface area (Å²) in [5, 5.41) is 12.4. The Labute approximate surface area is 156 Å². The molecule has 0 saturated heterocycles. The Morgan fingerprint density at radius 3 is 2.62 bits per heavy atom. The molecule has 1 aromatic heterocycles. The van der Waals surface area contributed by atoms with Gasteiger partial charge in [-0.3, -0.25) is 4.79 Å². The standard InChI is InChI=1S/C16H20Cl3N3O2/c1-5-15(11(4)16(15,18)19)14(23)21-9(2)8-24-22-10(3)13(17)6-12(22)7-20/h6,9,11H,5,8H2,1-4H3,(H,21,23)/t9-,11-,15-/m1/s1. The molecule has 0 aliphatic heterocycles. The van der Waals surface area contributed by atoms with Crippen molar-refractivity contribution in [1.82, 2.24) is 10.0 Å². The average molecular weight is 393 g/mol. The van der Waals surface area contributed by atoms with E-state index in [-0.39, 0.29) is 24.5 Å². The lowest BCUT2D eigenvalue weighted by Crippen LogP contribution is -2.44. The van der Waals surface area contributed by atoms with Crippen LogP contribution in [0.4, 0.5) is 0 Å². The molecule has 132 valence electrons. The smallest absolute Gasteiger partial charge is 0.229 e. The molecule has 1 fully saturated rings. The number of carbonyl (C=O) groups excluding carboxylic acids is 1. The van der Waals surface area contributed by atoms with E-state index in [2.05, 4.69) is 5.32 Å². The van der Waals surface area contributed by atoms with Crippen molar-refractivity contribution in [3.63, 3.8) is 0 Å². The second-order valence-corrected chi connectivity index (χ2v) is 8.00. The highest BCUT2D eigenvalue weighted by Gasteiger charge is 2.76. The SMILES string of the molecule is CC[C@]1(C(=O)N[C@H](C)COn2c(C#N)cc(Cl)c2C)[C@@H](C)C1(Cl)Cl. The van der Waals surface area contributed by atoms with Gasteiger partial charge in [-0.1, -0.05) is 25.4 Å². The van der Waals surface area contributed by atoms with Gasteiger partial charge < -0.3 is 10.2 Å². The number of carbonyl (C=O) groups is 1. The van der Waals surface area contributed by atoms with Crippen LogP contribution >= 0.6 is 34.8 Å². The van der Waals surface area contributed by atoms with Crippen LogP contribution in [0.5, 0.6) is 0 Å². The highest BCUT2D eigenvalue weighted by Crippen LogP contribution is 2.70. The van der Waals surface area contributed by atoms with Gasteiger partial charge in [-0.05, 0) is 26.3 Å². The fraction of sp³-hybridized carbons (Fsp3) is 0.625. The minimum Gasteiger partial charge on any atom is -0.411 e. The number of nitrogens with one attached hydrogen (secondary N) is 1. The van der Waals surface area contributed by atoms with Gasteiger partial charge in [-0.2, -0.15) is 9.99 Å². The van der Waals surface area contributed by atoms with Crippen molar-refractivity contribution in [2.75, 3.05) is 6.61 Å². The zero-order valence-corrected chi connectivity index (χ0v) is 16.3. The van der Waals surface area contributed by atoms with Gasteiger partial charge in [0, 0.05) is 5.92 Å². The molecule has 8 heteroatoms. The Balaban J connectivity index is 1.99. The topological polar surface area (TPSA) is 67.0 Å². The van der Waals surface area contributed by atoms with Crippen LogP contribution in [0.25, 0.3) is 0 Å². The Kier molecular flexibility index (Phi) is 5.34. The van der Waals surface area contributed by atoms with Crippen molar-refractivity contribution >= 4 is 40.7 Å². The van der Waals surface area contributed by atoms with Crippen molar-refractivity contribution in [2.45, 2.75) is 44.5 Å². The normalized spacial score (nSPS) is 25.7. The zero-order valence-electron chi connectivity index (χ0n) is 14.0. The summed E-state index contributed by atoms with van der Waals surface area (Å²) in [6.45, 7) is 7.51. The first-order chi connectivity index (χ1) is 11.1. The zero-order chi connectivity index (χ0) is 18.3. The average Bonchev–Trinajstić information content (AvgIpc) is 2.81. The molecule has 0 spiro atoms. The lowest BCUT2D eigenvalue weighted by Gasteiger charge is -2.21. The molecule has 2 rings (SSSR count). The summed E-state index contributed by atoms with van der Waals surface area (Å²) in [6.07, 6.45) is 0.561. The van der Waals surface area contributed by atoms with Gasteiger partial charge in [0.1, 0.15) is 17.0 Å².